The van der Waals surface area contributed by atoms with Crippen LogP contribution in [0.1, 0.15) is 17.0 Å². The normalized spacial score (nSPS) is 11.0. The molecule has 0 aliphatic heterocycles. The lowest BCUT2D eigenvalue weighted by atomic mass is 10.1. The summed E-state index contributed by atoms with van der Waals surface area (Å²) in [6.07, 6.45) is 3.59. The zero-order valence-electron chi connectivity index (χ0n) is 16.3. The molecule has 0 radical (unpaired) electrons. The summed E-state index contributed by atoms with van der Waals surface area (Å²) in [7, 11) is 1.63. The predicted molar refractivity (Wildman–Crippen MR) is 112 cm³/mol. The highest BCUT2D eigenvalue weighted by Crippen LogP contribution is 2.23. The molecule has 0 saturated carbocycles. The van der Waals surface area contributed by atoms with Crippen LogP contribution < -0.4 is 9.47 Å². The molecule has 0 amide bonds. The molecule has 0 fully saturated rings. The second kappa shape index (κ2) is 9.05. The second-order valence-corrected chi connectivity index (χ2v) is 6.47. The molecular formula is C24H19FN2O3. The van der Waals surface area contributed by atoms with Gasteiger partial charge in [-0.2, -0.15) is 4.98 Å². The van der Waals surface area contributed by atoms with E-state index < -0.39 is 0 Å². The summed E-state index contributed by atoms with van der Waals surface area (Å²) < 4.78 is 29.6. The van der Waals surface area contributed by atoms with Crippen LogP contribution in [0.3, 0.4) is 0 Å². The van der Waals surface area contributed by atoms with E-state index in [0.717, 1.165) is 22.6 Å². The van der Waals surface area contributed by atoms with Crippen LogP contribution in [0, 0.1) is 5.82 Å². The number of aromatic nitrogens is 2. The first kappa shape index (κ1) is 19.4. The maximum atomic E-state index is 13.1. The molecule has 0 N–H and O–H groups in total. The van der Waals surface area contributed by atoms with Gasteiger partial charge in [0.1, 0.15) is 23.9 Å². The third kappa shape index (κ3) is 4.72. The topological polar surface area (TPSA) is 57.4 Å². The van der Waals surface area contributed by atoms with E-state index >= 15 is 0 Å². The number of methoxy groups -OCH3 is 1. The minimum absolute atomic E-state index is 0.311. The number of ether oxygens (including phenoxy) is 2. The summed E-state index contributed by atoms with van der Waals surface area (Å²) >= 11 is 0. The molecule has 0 bridgehead atoms. The van der Waals surface area contributed by atoms with Crippen molar-refractivity contribution in [2.24, 2.45) is 0 Å². The lowest BCUT2D eigenvalue weighted by Gasteiger charge is -2.11. The third-order valence-electron chi connectivity index (χ3n) is 4.40. The van der Waals surface area contributed by atoms with Crippen molar-refractivity contribution in [3.63, 3.8) is 0 Å². The Balaban J connectivity index is 1.49. The van der Waals surface area contributed by atoms with Crippen molar-refractivity contribution in [1.82, 2.24) is 10.1 Å². The standard InChI is InChI=1S/C24H19FN2O3/c1-28-22-13-7-17(15-19(22)16-29-21-5-3-2-4-6-21)8-14-23-26-24(27-30-23)18-9-11-20(25)12-10-18/h2-15H,16H2,1H3/b14-8-. The van der Waals surface area contributed by atoms with E-state index in [2.05, 4.69) is 10.1 Å². The molecule has 4 aromatic rings. The van der Waals surface area contributed by atoms with Crippen molar-refractivity contribution in [1.29, 1.82) is 0 Å². The van der Waals surface area contributed by atoms with Gasteiger partial charge in [-0.25, -0.2) is 4.39 Å². The number of rotatable bonds is 7. The van der Waals surface area contributed by atoms with Crippen molar-refractivity contribution in [3.05, 3.63) is 95.6 Å². The molecule has 0 spiro atoms. The molecule has 30 heavy (non-hydrogen) atoms. The maximum absolute atomic E-state index is 13.1. The van der Waals surface area contributed by atoms with Gasteiger partial charge in [0.15, 0.2) is 0 Å². The Hall–Kier alpha value is -3.93. The van der Waals surface area contributed by atoms with Gasteiger partial charge in [0.2, 0.25) is 5.82 Å². The van der Waals surface area contributed by atoms with Crippen LogP contribution in [0.25, 0.3) is 23.5 Å². The highest BCUT2D eigenvalue weighted by atomic mass is 19.1. The molecule has 0 saturated heterocycles. The van der Waals surface area contributed by atoms with Crippen molar-refractivity contribution in [2.45, 2.75) is 6.61 Å². The monoisotopic (exact) mass is 402 g/mol. The minimum Gasteiger partial charge on any atom is -0.496 e. The minimum atomic E-state index is -0.311. The molecule has 3 aromatic carbocycles. The van der Waals surface area contributed by atoms with Gasteiger partial charge < -0.3 is 14.0 Å². The van der Waals surface area contributed by atoms with Gasteiger partial charge >= 0.3 is 0 Å². The Morgan fingerprint density at radius 2 is 1.77 bits per heavy atom. The molecule has 150 valence electrons. The van der Waals surface area contributed by atoms with Crippen LogP contribution in [-0.4, -0.2) is 17.3 Å². The average molecular weight is 402 g/mol. The van der Waals surface area contributed by atoms with Gasteiger partial charge in [-0.05, 0) is 60.2 Å². The Bertz CT molecular complexity index is 1140. The number of hydrogen-bond donors (Lipinski definition) is 0. The Labute approximate surface area is 173 Å². The van der Waals surface area contributed by atoms with E-state index in [1.165, 1.54) is 12.1 Å². The Morgan fingerprint density at radius 1 is 0.967 bits per heavy atom. The second-order valence-electron chi connectivity index (χ2n) is 6.47. The highest BCUT2D eigenvalue weighted by Gasteiger charge is 2.08. The largest absolute Gasteiger partial charge is 0.496 e. The van der Waals surface area contributed by atoms with E-state index in [1.807, 2.05) is 54.6 Å². The van der Waals surface area contributed by atoms with E-state index in [9.17, 15) is 4.39 Å². The zero-order valence-corrected chi connectivity index (χ0v) is 16.3. The van der Waals surface area contributed by atoms with Crippen LogP contribution in [0.5, 0.6) is 11.5 Å². The fourth-order valence-corrected chi connectivity index (χ4v) is 2.88. The van der Waals surface area contributed by atoms with Crippen LogP contribution in [0.15, 0.2) is 77.3 Å². The van der Waals surface area contributed by atoms with Crippen molar-refractivity contribution >= 4 is 12.2 Å². The molecule has 0 aliphatic rings. The first-order chi connectivity index (χ1) is 14.7. The zero-order chi connectivity index (χ0) is 20.8. The molecule has 6 heteroatoms. The number of hydrogen-bond acceptors (Lipinski definition) is 5. The lowest BCUT2D eigenvalue weighted by Crippen LogP contribution is -1.99. The fraction of sp³-hybridized carbons (Fsp3) is 0.0833. The number of benzene rings is 3. The van der Waals surface area contributed by atoms with Crippen molar-refractivity contribution in [3.8, 4) is 22.9 Å². The van der Waals surface area contributed by atoms with Gasteiger partial charge in [-0.3, -0.25) is 0 Å². The van der Waals surface area contributed by atoms with Crippen LogP contribution >= 0.6 is 0 Å². The van der Waals surface area contributed by atoms with Crippen LogP contribution in [0.2, 0.25) is 0 Å². The Kier molecular flexibility index (Phi) is 5.85. The van der Waals surface area contributed by atoms with E-state index in [0.29, 0.717) is 23.9 Å². The fourth-order valence-electron chi connectivity index (χ4n) is 2.88. The summed E-state index contributed by atoms with van der Waals surface area (Å²) in [5.41, 5.74) is 2.54. The van der Waals surface area contributed by atoms with E-state index in [4.69, 9.17) is 14.0 Å². The molecule has 5 nitrogen and oxygen atoms in total. The predicted octanol–water partition coefficient (Wildman–Crippen LogP) is 5.63. The van der Waals surface area contributed by atoms with E-state index in [1.54, 1.807) is 25.3 Å². The van der Waals surface area contributed by atoms with E-state index in [-0.39, 0.29) is 5.82 Å². The average Bonchev–Trinajstić information content (AvgIpc) is 3.26. The molecule has 0 atom stereocenters. The van der Waals surface area contributed by atoms with Crippen molar-refractivity contribution in [2.75, 3.05) is 7.11 Å². The summed E-state index contributed by atoms with van der Waals surface area (Å²) in [5, 5.41) is 3.94. The highest BCUT2D eigenvalue weighted by molar-refractivity contribution is 5.68. The molecule has 0 aliphatic carbocycles. The summed E-state index contributed by atoms with van der Waals surface area (Å²) in [6, 6.07) is 21.3. The lowest BCUT2D eigenvalue weighted by molar-refractivity contribution is 0.296. The summed E-state index contributed by atoms with van der Waals surface area (Å²) in [5.74, 6) is 1.99. The van der Waals surface area contributed by atoms with Crippen LogP contribution in [0.4, 0.5) is 4.39 Å². The quantitative estimate of drug-likeness (QED) is 0.401. The number of para-hydroxylation sites is 1. The van der Waals surface area contributed by atoms with Gasteiger partial charge in [-0.15, -0.1) is 0 Å². The molecule has 4 rings (SSSR count). The smallest absolute Gasteiger partial charge is 0.250 e. The van der Waals surface area contributed by atoms with Gasteiger partial charge in [-0.1, -0.05) is 29.4 Å². The maximum Gasteiger partial charge on any atom is 0.250 e. The Morgan fingerprint density at radius 3 is 2.53 bits per heavy atom. The van der Waals surface area contributed by atoms with Crippen molar-refractivity contribution < 1.29 is 18.4 Å². The summed E-state index contributed by atoms with van der Waals surface area (Å²) in [6.45, 7) is 0.379. The molecule has 1 aromatic heterocycles. The first-order valence-corrected chi connectivity index (χ1v) is 9.34. The van der Waals surface area contributed by atoms with Crippen LogP contribution in [-0.2, 0) is 6.61 Å². The third-order valence-corrected chi connectivity index (χ3v) is 4.40. The van der Waals surface area contributed by atoms with Gasteiger partial charge in [0.05, 0.1) is 7.11 Å². The van der Waals surface area contributed by atoms with Gasteiger partial charge in [0, 0.05) is 17.2 Å². The molecule has 1 heterocycles. The number of halogens is 1. The van der Waals surface area contributed by atoms with Gasteiger partial charge in [0.25, 0.3) is 5.89 Å². The molecular weight excluding hydrogens is 383 g/mol. The summed E-state index contributed by atoms with van der Waals surface area (Å²) in [4.78, 5) is 4.32. The SMILES string of the molecule is COc1ccc(/C=C\c2nc(-c3ccc(F)cc3)no2)cc1COc1ccccc1. The molecule has 0 unspecified atom stereocenters. The number of nitrogens with zero attached hydrogens (tertiary/aromatic N) is 2. The first-order valence-electron chi connectivity index (χ1n) is 9.34.